The normalized spacial score (nSPS) is 15.0. The van der Waals surface area contributed by atoms with Crippen molar-refractivity contribution in [2.75, 3.05) is 11.4 Å². The van der Waals surface area contributed by atoms with Crippen molar-refractivity contribution >= 4 is 27.5 Å². The van der Waals surface area contributed by atoms with Crippen molar-refractivity contribution in [3.8, 4) is 0 Å². The minimum Gasteiger partial charge on any atom is -0.480 e. The van der Waals surface area contributed by atoms with Crippen molar-refractivity contribution in [1.82, 2.24) is 4.57 Å². The maximum atomic E-state index is 13.6. The van der Waals surface area contributed by atoms with Crippen molar-refractivity contribution in [3.05, 3.63) is 82.2 Å². The molecule has 1 aliphatic rings. The minimum atomic E-state index is -3.83. The smallest absolute Gasteiger partial charge is 0.323 e. The fraction of sp³-hybridized carbons (Fsp3) is 0.400. The predicted octanol–water partition coefficient (Wildman–Crippen LogP) is 5.58. The van der Waals surface area contributed by atoms with Crippen molar-refractivity contribution in [2.45, 2.75) is 71.2 Å². The molecule has 1 heterocycles. The highest BCUT2D eigenvalue weighted by Gasteiger charge is 2.37. The van der Waals surface area contributed by atoms with Gasteiger partial charge >= 0.3 is 5.97 Å². The summed E-state index contributed by atoms with van der Waals surface area (Å²) in [5.74, 6) is -0.675. The second-order valence-corrected chi connectivity index (χ2v) is 13.3. The Kier molecular flexibility index (Phi) is 7.32. The number of Topliss-reactive ketones (excluding diaryl/α,β-unsaturated/α-hetero) is 1. The monoisotopic (exact) mass is 536 g/mol. The third-order valence-electron chi connectivity index (χ3n) is 7.52. The Labute approximate surface area is 225 Å². The zero-order valence-corrected chi connectivity index (χ0v) is 23.7. The topological polar surface area (TPSA) is 96.7 Å². The average molecular weight is 537 g/mol. The van der Waals surface area contributed by atoms with Gasteiger partial charge in [-0.1, -0.05) is 58.0 Å². The van der Waals surface area contributed by atoms with Crippen LogP contribution in [0.1, 0.15) is 78.5 Å². The van der Waals surface area contributed by atoms with Gasteiger partial charge in [0, 0.05) is 36.8 Å². The van der Waals surface area contributed by atoms with Gasteiger partial charge in [-0.2, -0.15) is 0 Å². The van der Waals surface area contributed by atoms with Crippen LogP contribution in [0.15, 0.2) is 53.4 Å². The molecule has 0 fully saturated rings. The fourth-order valence-corrected chi connectivity index (χ4v) is 6.68. The Bertz CT molecular complexity index is 1500. The van der Waals surface area contributed by atoms with Crippen LogP contribution in [0.25, 0.3) is 0 Å². The lowest BCUT2D eigenvalue weighted by atomic mass is 9.75. The number of anilines is 1. The molecule has 0 saturated carbocycles. The van der Waals surface area contributed by atoms with Crippen LogP contribution in [-0.2, 0) is 34.2 Å². The number of hydrogen-bond donors (Lipinski definition) is 1. The van der Waals surface area contributed by atoms with Crippen molar-refractivity contribution < 1.29 is 23.1 Å². The van der Waals surface area contributed by atoms with Crippen LogP contribution < -0.4 is 4.31 Å². The number of rotatable bonds is 8. The standard InChI is InChI=1S/C30H36N2O5S/c1-19(2)21-11-13-23(14-12-21)38(36,37)31(6)25-10-8-7-9-22(25)15-24-20(3)32(18-28(34)35)26-16-30(4,5)17-27(33)29(24)26/h7-14,19H,15-18H2,1-6H3,(H,34,35). The molecule has 0 aliphatic heterocycles. The maximum absolute atomic E-state index is 13.6. The number of sulfonamides is 1. The third-order valence-corrected chi connectivity index (χ3v) is 9.30. The van der Waals surface area contributed by atoms with E-state index in [2.05, 4.69) is 13.8 Å². The van der Waals surface area contributed by atoms with E-state index in [4.69, 9.17) is 0 Å². The van der Waals surface area contributed by atoms with E-state index in [1.807, 2.05) is 45.0 Å². The van der Waals surface area contributed by atoms with Crippen LogP contribution in [0, 0.1) is 12.3 Å². The lowest BCUT2D eigenvalue weighted by Crippen LogP contribution is -2.29. The Morgan fingerprint density at radius 2 is 1.71 bits per heavy atom. The molecule has 7 nitrogen and oxygen atoms in total. The summed E-state index contributed by atoms with van der Waals surface area (Å²) < 4.78 is 30.2. The highest BCUT2D eigenvalue weighted by molar-refractivity contribution is 7.92. The van der Waals surface area contributed by atoms with Crippen molar-refractivity contribution in [1.29, 1.82) is 0 Å². The number of carboxylic acids is 1. The van der Waals surface area contributed by atoms with Gasteiger partial charge in [0.2, 0.25) is 0 Å². The molecule has 0 unspecified atom stereocenters. The number of benzene rings is 2. The summed E-state index contributed by atoms with van der Waals surface area (Å²) >= 11 is 0. The molecule has 0 atom stereocenters. The molecule has 38 heavy (non-hydrogen) atoms. The number of aliphatic carboxylic acids is 1. The van der Waals surface area contributed by atoms with E-state index in [0.29, 0.717) is 36.4 Å². The Hall–Kier alpha value is -3.39. The predicted molar refractivity (Wildman–Crippen MR) is 149 cm³/mol. The summed E-state index contributed by atoms with van der Waals surface area (Å²) in [6.07, 6.45) is 1.30. The second kappa shape index (κ2) is 10.1. The van der Waals surface area contributed by atoms with Crippen LogP contribution in [0.2, 0.25) is 0 Å². The zero-order chi connectivity index (χ0) is 28.0. The molecule has 202 valence electrons. The van der Waals surface area contributed by atoms with E-state index >= 15 is 0 Å². The van der Waals surface area contributed by atoms with Gasteiger partial charge in [-0.25, -0.2) is 8.42 Å². The summed E-state index contributed by atoms with van der Waals surface area (Å²) in [4.78, 5) is 25.2. The van der Waals surface area contributed by atoms with Crippen LogP contribution in [0.5, 0.6) is 0 Å². The van der Waals surface area contributed by atoms with Gasteiger partial charge in [-0.15, -0.1) is 0 Å². The summed E-state index contributed by atoms with van der Waals surface area (Å²) in [7, 11) is -2.29. The number of carboxylic acid groups (broad SMARTS) is 1. The number of carbonyl (C=O) groups is 2. The maximum Gasteiger partial charge on any atom is 0.323 e. The molecule has 0 spiro atoms. The molecule has 0 amide bonds. The van der Waals surface area contributed by atoms with E-state index in [9.17, 15) is 23.1 Å². The molecule has 1 aromatic heterocycles. The van der Waals surface area contributed by atoms with Gasteiger partial charge in [-0.05, 0) is 59.6 Å². The van der Waals surface area contributed by atoms with E-state index in [0.717, 1.165) is 28.1 Å². The van der Waals surface area contributed by atoms with Gasteiger partial charge in [0.1, 0.15) is 6.54 Å². The number of para-hydroxylation sites is 1. The molecule has 1 N–H and O–H groups in total. The van der Waals surface area contributed by atoms with Crippen LogP contribution >= 0.6 is 0 Å². The van der Waals surface area contributed by atoms with E-state index < -0.39 is 16.0 Å². The quantitative estimate of drug-likeness (QED) is 0.406. The van der Waals surface area contributed by atoms with Crippen LogP contribution in [0.3, 0.4) is 0 Å². The van der Waals surface area contributed by atoms with Gasteiger partial charge in [0.15, 0.2) is 5.78 Å². The third kappa shape index (κ3) is 5.14. The fourth-order valence-electron chi connectivity index (χ4n) is 5.44. The molecule has 0 bridgehead atoms. The molecule has 1 aliphatic carbocycles. The molecular formula is C30H36N2O5S. The van der Waals surface area contributed by atoms with E-state index in [-0.39, 0.29) is 22.6 Å². The minimum absolute atomic E-state index is 0.00203. The Balaban J connectivity index is 1.77. The summed E-state index contributed by atoms with van der Waals surface area (Å²) in [5, 5.41) is 9.57. The summed E-state index contributed by atoms with van der Waals surface area (Å²) in [5.41, 5.74) is 4.90. The summed E-state index contributed by atoms with van der Waals surface area (Å²) in [6, 6.07) is 14.2. The van der Waals surface area contributed by atoms with Gasteiger partial charge in [0.25, 0.3) is 10.0 Å². The molecule has 2 aromatic carbocycles. The molecular weight excluding hydrogens is 500 g/mol. The Morgan fingerprint density at radius 3 is 2.32 bits per heavy atom. The number of nitrogens with zero attached hydrogens (tertiary/aromatic N) is 2. The zero-order valence-electron chi connectivity index (χ0n) is 22.9. The molecule has 0 saturated heterocycles. The van der Waals surface area contributed by atoms with Gasteiger partial charge in [-0.3, -0.25) is 13.9 Å². The molecule has 0 radical (unpaired) electrons. The van der Waals surface area contributed by atoms with Crippen molar-refractivity contribution in [2.24, 2.45) is 5.41 Å². The van der Waals surface area contributed by atoms with Crippen LogP contribution in [-0.4, -0.2) is 36.9 Å². The lowest BCUT2D eigenvalue weighted by molar-refractivity contribution is -0.137. The van der Waals surface area contributed by atoms with Gasteiger partial charge in [0.05, 0.1) is 10.6 Å². The number of carbonyl (C=O) groups excluding carboxylic acids is 1. The first kappa shape index (κ1) is 27.6. The number of aromatic nitrogens is 1. The number of fused-ring (bicyclic) bond motifs is 1. The molecule has 4 rings (SSSR count). The Morgan fingerprint density at radius 1 is 1.08 bits per heavy atom. The largest absolute Gasteiger partial charge is 0.480 e. The summed E-state index contributed by atoms with van der Waals surface area (Å²) in [6.45, 7) is 9.77. The first-order chi connectivity index (χ1) is 17.7. The van der Waals surface area contributed by atoms with Gasteiger partial charge < -0.3 is 9.67 Å². The second-order valence-electron chi connectivity index (χ2n) is 11.3. The molecule has 3 aromatic rings. The van der Waals surface area contributed by atoms with E-state index in [1.54, 1.807) is 28.8 Å². The van der Waals surface area contributed by atoms with E-state index in [1.165, 1.54) is 11.4 Å². The van der Waals surface area contributed by atoms with Crippen molar-refractivity contribution in [3.63, 3.8) is 0 Å². The average Bonchev–Trinajstić information content (AvgIpc) is 3.08. The lowest BCUT2D eigenvalue weighted by Gasteiger charge is -2.30. The molecule has 8 heteroatoms. The number of ketones is 1. The first-order valence-electron chi connectivity index (χ1n) is 12.9. The van der Waals surface area contributed by atoms with Crippen LogP contribution in [0.4, 0.5) is 5.69 Å². The highest BCUT2D eigenvalue weighted by Crippen LogP contribution is 2.40. The highest BCUT2D eigenvalue weighted by atomic mass is 32.2. The first-order valence-corrected chi connectivity index (χ1v) is 14.3. The number of hydrogen-bond acceptors (Lipinski definition) is 4. The SMILES string of the molecule is Cc1c(Cc2ccccc2N(C)S(=O)(=O)c2ccc(C(C)C)cc2)c2c(n1CC(=O)O)CC(C)(C)CC2=O.